The molecule has 1 heterocycles. The van der Waals surface area contributed by atoms with Gasteiger partial charge < -0.3 is 15.0 Å². The Morgan fingerprint density at radius 1 is 1.29 bits per heavy atom. The van der Waals surface area contributed by atoms with E-state index < -0.39 is 0 Å². The average molecular weight is 290 g/mol. The number of para-hydroxylation sites is 1. The van der Waals surface area contributed by atoms with Gasteiger partial charge in [-0.1, -0.05) is 25.1 Å². The maximum absolute atomic E-state index is 5.55. The molecule has 0 saturated heterocycles. The molecule has 0 bridgehead atoms. The van der Waals surface area contributed by atoms with Crippen LogP contribution < -0.4 is 10.2 Å². The molecule has 0 amide bonds. The second kappa shape index (κ2) is 8.40. The number of benzene rings is 1. The van der Waals surface area contributed by atoms with Crippen LogP contribution in [0.1, 0.15) is 32.8 Å². The van der Waals surface area contributed by atoms with E-state index in [1.54, 1.807) is 0 Å². The molecule has 1 N–H and O–H groups in total. The van der Waals surface area contributed by atoms with E-state index in [1.807, 2.05) is 0 Å². The maximum atomic E-state index is 5.55. The van der Waals surface area contributed by atoms with Crippen molar-refractivity contribution in [3.05, 3.63) is 29.8 Å². The lowest BCUT2D eigenvalue weighted by Gasteiger charge is -2.35. The molecule has 1 aromatic rings. The van der Waals surface area contributed by atoms with Gasteiger partial charge in [0.1, 0.15) is 0 Å². The van der Waals surface area contributed by atoms with Gasteiger partial charge in [0.15, 0.2) is 0 Å². The Labute approximate surface area is 129 Å². The smallest absolute Gasteiger partial charge is 0.0518 e. The monoisotopic (exact) mass is 290 g/mol. The van der Waals surface area contributed by atoms with Crippen molar-refractivity contribution in [1.82, 2.24) is 5.32 Å². The van der Waals surface area contributed by atoms with Gasteiger partial charge >= 0.3 is 0 Å². The SMILES string of the molecule is CC1Cc2ccccc2N(CCNCCCOC(C)C)C1. The molecule has 0 spiro atoms. The number of nitrogens with zero attached hydrogens (tertiary/aromatic N) is 1. The van der Waals surface area contributed by atoms with E-state index in [9.17, 15) is 0 Å². The molecule has 1 atom stereocenters. The van der Waals surface area contributed by atoms with Crippen LogP contribution in [0.15, 0.2) is 24.3 Å². The highest BCUT2D eigenvalue weighted by molar-refractivity contribution is 5.55. The molecule has 0 saturated carbocycles. The Hall–Kier alpha value is -1.06. The summed E-state index contributed by atoms with van der Waals surface area (Å²) in [4.78, 5) is 2.53. The summed E-state index contributed by atoms with van der Waals surface area (Å²) in [6, 6.07) is 8.84. The van der Waals surface area contributed by atoms with Gasteiger partial charge in [-0.3, -0.25) is 0 Å². The number of nitrogens with one attached hydrogen (secondary N) is 1. The van der Waals surface area contributed by atoms with E-state index in [2.05, 4.69) is 55.3 Å². The van der Waals surface area contributed by atoms with Crippen molar-refractivity contribution in [2.24, 2.45) is 5.92 Å². The first-order valence-electron chi connectivity index (χ1n) is 8.32. The van der Waals surface area contributed by atoms with Crippen LogP contribution >= 0.6 is 0 Å². The lowest BCUT2D eigenvalue weighted by atomic mass is 9.94. The standard InChI is InChI=1S/C18H30N2O/c1-15(2)21-12-6-9-19-10-11-20-14-16(3)13-17-7-4-5-8-18(17)20/h4-5,7-8,15-16,19H,6,9-14H2,1-3H3. The molecule has 0 fully saturated rings. The summed E-state index contributed by atoms with van der Waals surface area (Å²) in [6.45, 7) is 11.7. The van der Waals surface area contributed by atoms with Crippen molar-refractivity contribution in [1.29, 1.82) is 0 Å². The molecule has 1 aliphatic heterocycles. The fourth-order valence-electron chi connectivity index (χ4n) is 2.97. The van der Waals surface area contributed by atoms with Gasteiger partial charge in [-0.2, -0.15) is 0 Å². The molecule has 21 heavy (non-hydrogen) atoms. The number of hydrogen-bond donors (Lipinski definition) is 1. The number of fused-ring (bicyclic) bond motifs is 1. The van der Waals surface area contributed by atoms with Crippen molar-refractivity contribution < 1.29 is 4.74 Å². The molecule has 1 aliphatic rings. The van der Waals surface area contributed by atoms with Crippen molar-refractivity contribution in [3.63, 3.8) is 0 Å². The van der Waals surface area contributed by atoms with Gasteiger partial charge in [0.25, 0.3) is 0 Å². The number of rotatable bonds is 8. The first-order valence-corrected chi connectivity index (χ1v) is 8.32. The number of ether oxygens (including phenoxy) is 1. The molecule has 0 aliphatic carbocycles. The highest BCUT2D eigenvalue weighted by Crippen LogP contribution is 2.28. The number of anilines is 1. The minimum absolute atomic E-state index is 0.344. The van der Waals surface area contributed by atoms with Gasteiger partial charge in [-0.05, 0) is 50.8 Å². The lowest BCUT2D eigenvalue weighted by molar-refractivity contribution is 0.0771. The van der Waals surface area contributed by atoms with E-state index in [0.29, 0.717) is 6.10 Å². The Morgan fingerprint density at radius 3 is 2.90 bits per heavy atom. The van der Waals surface area contributed by atoms with E-state index in [0.717, 1.165) is 38.6 Å². The fourth-order valence-corrected chi connectivity index (χ4v) is 2.97. The number of hydrogen-bond acceptors (Lipinski definition) is 3. The summed E-state index contributed by atoms with van der Waals surface area (Å²) >= 11 is 0. The van der Waals surface area contributed by atoms with Gasteiger partial charge in [-0.15, -0.1) is 0 Å². The van der Waals surface area contributed by atoms with E-state index in [-0.39, 0.29) is 0 Å². The highest BCUT2D eigenvalue weighted by Gasteiger charge is 2.20. The molecular formula is C18H30N2O. The van der Waals surface area contributed by atoms with Crippen molar-refractivity contribution in [3.8, 4) is 0 Å². The van der Waals surface area contributed by atoms with Crippen LogP contribution in [0.4, 0.5) is 5.69 Å². The minimum Gasteiger partial charge on any atom is -0.379 e. The predicted molar refractivity (Wildman–Crippen MR) is 90.1 cm³/mol. The first-order chi connectivity index (χ1) is 10.2. The van der Waals surface area contributed by atoms with Crippen LogP contribution in [0, 0.1) is 5.92 Å². The minimum atomic E-state index is 0.344. The van der Waals surface area contributed by atoms with Crippen LogP contribution in [0.25, 0.3) is 0 Å². The third-order valence-electron chi connectivity index (χ3n) is 3.94. The summed E-state index contributed by atoms with van der Waals surface area (Å²) < 4.78 is 5.55. The average Bonchev–Trinajstić information content (AvgIpc) is 2.45. The molecule has 1 unspecified atom stereocenters. The Kier molecular flexibility index (Phi) is 6.52. The van der Waals surface area contributed by atoms with Crippen LogP contribution in [0.3, 0.4) is 0 Å². The zero-order chi connectivity index (χ0) is 15.1. The molecular weight excluding hydrogens is 260 g/mol. The second-order valence-electron chi connectivity index (χ2n) is 6.41. The summed E-state index contributed by atoms with van der Waals surface area (Å²) in [5.41, 5.74) is 2.93. The molecule has 3 nitrogen and oxygen atoms in total. The Balaban J connectivity index is 1.69. The van der Waals surface area contributed by atoms with Gasteiger partial charge in [-0.25, -0.2) is 0 Å². The van der Waals surface area contributed by atoms with E-state index >= 15 is 0 Å². The fraction of sp³-hybridized carbons (Fsp3) is 0.667. The molecule has 3 heteroatoms. The zero-order valence-corrected chi connectivity index (χ0v) is 13.8. The summed E-state index contributed by atoms with van der Waals surface area (Å²) in [7, 11) is 0. The van der Waals surface area contributed by atoms with Crippen LogP contribution in [0.5, 0.6) is 0 Å². The Bertz CT molecular complexity index is 419. The van der Waals surface area contributed by atoms with Crippen LogP contribution in [-0.4, -0.2) is 38.9 Å². The maximum Gasteiger partial charge on any atom is 0.0518 e. The van der Waals surface area contributed by atoms with Gasteiger partial charge in [0.2, 0.25) is 0 Å². The van der Waals surface area contributed by atoms with Crippen molar-refractivity contribution >= 4 is 5.69 Å². The van der Waals surface area contributed by atoms with Crippen LogP contribution in [-0.2, 0) is 11.2 Å². The third kappa shape index (κ3) is 5.33. The van der Waals surface area contributed by atoms with E-state index in [4.69, 9.17) is 4.74 Å². The zero-order valence-electron chi connectivity index (χ0n) is 13.8. The molecule has 2 rings (SSSR count). The van der Waals surface area contributed by atoms with Crippen molar-refractivity contribution in [2.75, 3.05) is 37.7 Å². The largest absolute Gasteiger partial charge is 0.379 e. The predicted octanol–water partition coefficient (Wildman–Crippen LogP) is 3.09. The molecule has 0 aromatic heterocycles. The first kappa shape index (κ1) is 16.3. The third-order valence-corrected chi connectivity index (χ3v) is 3.94. The van der Waals surface area contributed by atoms with Gasteiger partial charge in [0.05, 0.1) is 6.10 Å². The van der Waals surface area contributed by atoms with Crippen molar-refractivity contribution in [2.45, 2.75) is 39.7 Å². The summed E-state index contributed by atoms with van der Waals surface area (Å²) in [6.07, 6.45) is 2.65. The normalized spacial score (nSPS) is 18.1. The summed E-state index contributed by atoms with van der Waals surface area (Å²) in [5, 5.41) is 3.53. The van der Waals surface area contributed by atoms with E-state index in [1.165, 1.54) is 24.2 Å². The molecule has 1 aromatic carbocycles. The van der Waals surface area contributed by atoms with Gasteiger partial charge in [0, 0.05) is 31.9 Å². The molecule has 0 radical (unpaired) electrons. The molecule has 118 valence electrons. The topological polar surface area (TPSA) is 24.5 Å². The lowest BCUT2D eigenvalue weighted by Crippen LogP contribution is -2.39. The Morgan fingerprint density at radius 2 is 2.10 bits per heavy atom. The summed E-state index contributed by atoms with van der Waals surface area (Å²) in [5.74, 6) is 0.749. The highest BCUT2D eigenvalue weighted by atomic mass is 16.5. The quantitative estimate of drug-likeness (QED) is 0.745. The second-order valence-corrected chi connectivity index (χ2v) is 6.41. The van der Waals surface area contributed by atoms with Crippen LogP contribution in [0.2, 0.25) is 0 Å².